The summed E-state index contributed by atoms with van der Waals surface area (Å²) in [5, 5.41) is 8.40. The van der Waals surface area contributed by atoms with Crippen LogP contribution >= 0.6 is 22.7 Å². The van der Waals surface area contributed by atoms with Gasteiger partial charge in [0.25, 0.3) is 0 Å². The van der Waals surface area contributed by atoms with Gasteiger partial charge in [-0.05, 0) is 31.9 Å². The lowest BCUT2D eigenvalue weighted by Gasteiger charge is -2.22. The van der Waals surface area contributed by atoms with E-state index < -0.39 is 0 Å². The Hall–Kier alpha value is -1.40. The van der Waals surface area contributed by atoms with Crippen LogP contribution in [0.15, 0.2) is 17.5 Å². The molecule has 0 bridgehead atoms. The maximum absolute atomic E-state index is 11.8. The number of thiophene rings is 1. The highest BCUT2D eigenvalue weighted by Gasteiger charge is 2.22. The van der Waals surface area contributed by atoms with E-state index in [9.17, 15) is 4.79 Å². The first-order valence-corrected chi connectivity index (χ1v) is 8.46. The predicted molar refractivity (Wildman–Crippen MR) is 83.6 cm³/mol. The summed E-state index contributed by atoms with van der Waals surface area (Å²) in [5.41, 5.74) is 1.13. The van der Waals surface area contributed by atoms with Crippen molar-refractivity contribution >= 4 is 33.8 Å². The van der Waals surface area contributed by atoms with Crippen molar-refractivity contribution in [3.8, 4) is 0 Å². The quantitative estimate of drug-likeness (QED) is 0.893. The van der Waals surface area contributed by atoms with Gasteiger partial charge in [-0.15, -0.1) is 22.7 Å². The van der Waals surface area contributed by atoms with E-state index in [1.165, 1.54) is 35.5 Å². The molecule has 1 saturated carbocycles. The summed E-state index contributed by atoms with van der Waals surface area (Å²) in [4.78, 5) is 18.7. The van der Waals surface area contributed by atoms with Gasteiger partial charge in [0, 0.05) is 21.1 Å². The van der Waals surface area contributed by atoms with E-state index in [4.69, 9.17) is 0 Å². The molecular formula is C14H17N3OS2. The van der Waals surface area contributed by atoms with Gasteiger partial charge in [0.2, 0.25) is 0 Å². The van der Waals surface area contributed by atoms with Crippen molar-refractivity contribution in [1.29, 1.82) is 0 Å². The summed E-state index contributed by atoms with van der Waals surface area (Å²) < 4.78 is 0. The molecule has 20 heavy (non-hydrogen) atoms. The van der Waals surface area contributed by atoms with Gasteiger partial charge in [-0.3, -0.25) is 5.32 Å². The number of nitrogens with zero attached hydrogens (tertiary/aromatic N) is 1. The predicted octanol–water partition coefficient (Wildman–Crippen LogP) is 4.10. The molecule has 0 aromatic carbocycles. The van der Waals surface area contributed by atoms with Gasteiger partial charge in [0.05, 0.1) is 12.2 Å². The van der Waals surface area contributed by atoms with E-state index in [1.54, 1.807) is 11.3 Å². The number of urea groups is 1. The van der Waals surface area contributed by atoms with Crippen LogP contribution in [0.1, 0.15) is 40.6 Å². The van der Waals surface area contributed by atoms with E-state index in [-0.39, 0.29) is 6.03 Å². The lowest BCUT2D eigenvalue weighted by molar-refractivity contribution is 0.252. The molecule has 6 heteroatoms. The Kier molecular flexibility index (Phi) is 4.03. The third-order valence-corrected chi connectivity index (χ3v) is 5.26. The van der Waals surface area contributed by atoms with Crippen LogP contribution in [0, 0.1) is 6.92 Å². The molecule has 1 fully saturated rings. The van der Waals surface area contributed by atoms with Crippen LogP contribution in [0.25, 0.3) is 0 Å². The Morgan fingerprint density at radius 3 is 2.95 bits per heavy atom. The second kappa shape index (κ2) is 5.93. The summed E-state index contributed by atoms with van der Waals surface area (Å²) in [6.45, 7) is 2.62. The SMILES string of the molecule is Cc1ccc(CNC(=O)Nc2nc(C3CCC3)cs2)s1. The Morgan fingerprint density at radius 2 is 2.30 bits per heavy atom. The Morgan fingerprint density at radius 1 is 1.45 bits per heavy atom. The fourth-order valence-electron chi connectivity index (χ4n) is 2.12. The van der Waals surface area contributed by atoms with E-state index in [0.717, 1.165) is 10.6 Å². The van der Waals surface area contributed by atoms with Crippen molar-refractivity contribution in [2.75, 3.05) is 5.32 Å². The normalized spacial score (nSPS) is 14.8. The zero-order valence-electron chi connectivity index (χ0n) is 11.3. The smallest absolute Gasteiger partial charge is 0.321 e. The third-order valence-electron chi connectivity index (χ3n) is 3.49. The Balaban J connectivity index is 1.49. The van der Waals surface area contributed by atoms with Crippen LogP contribution in [-0.2, 0) is 6.54 Å². The van der Waals surface area contributed by atoms with Gasteiger partial charge >= 0.3 is 6.03 Å². The second-order valence-electron chi connectivity index (χ2n) is 5.03. The monoisotopic (exact) mass is 307 g/mol. The number of thiazole rings is 1. The van der Waals surface area contributed by atoms with E-state index in [0.29, 0.717) is 17.6 Å². The lowest BCUT2D eigenvalue weighted by atomic mass is 9.83. The highest BCUT2D eigenvalue weighted by Crippen LogP contribution is 2.37. The minimum absolute atomic E-state index is 0.189. The molecule has 2 aromatic rings. The molecule has 2 amide bonds. The van der Waals surface area contributed by atoms with Gasteiger partial charge in [0.15, 0.2) is 5.13 Å². The maximum Gasteiger partial charge on any atom is 0.321 e. The average molecular weight is 307 g/mol. The van der Waals surface area contributed by atoms with E-state index in [1.807, 2.05) is 6.07 Å². The van der Waals surface area contributed by atoms with Crippen LogP contribution in [0.2, 0.25) is 0 Å². The lowest BCUT2D eigenvalue weighted by Crippen LogP contribution is -2.27. The molecule has 0 unspecified atom stereocenters. The van der Waals surface area contributed by atoms with Gasteiger partial charge < -0.3 is 5.32 Å². The van der Waals surface area contributed by atoms with Crippen LogP contribution in [0.3, 0.4) is 0 Å². The van der Waals surface area contributed by atoms with Crippen LogP contribution in [0.4, 0.5) is 9.93 Å². The van der Waals surface area contributed by atoms with E-state index >= 15 is 0 Å². The summed E-state index contributed by atoms with van der Waals surface area (Å²) in [6, 6.07) is 3.91. The van der Waals surface area contributed by atoms with Crippen molar-refractivity contribution in [3.05, 3.63) is 33.0 Å². The number of carbonyl (C=O) groups is 1. The number of aromatic nitrogens is 1. The van der Waals surface area contributed by atoms with Crippen molar-refractivity contribution in [3.63, 3.8) is 0 Å². The number of amides is 2. The second-order valence-corrected chi connectivity index (χ2v) is 7.26. The molecule has 106 valence electrons. The van der Waals surface area contributed by atoms with E-state index in [2.05, 4.69) is 34.0 Å². The third kappa shape index (κ3) is 3.19. The molecule has 0 atom stereocenters. The van der Waals surface area contributed by atoms with Crippen LogP contribution in [-0.4, -0.2) is 11.0 Å². The number of nitrogens with one attached hydrogen (secondary N) is 2. The summed E-state index contributed by atoms with van der Waals surface area (Å²) in [5.74, 6) is 0.610. The molecule has 4 nitrogen and oxygen atoms in total. The molecule has 0 spiro atoms. The zero-order chi connectivity index (χ0) is 13.9. The maximum atomic E-state index is 11.8. The van der Waals surface area contributed by atoms with Crippen LogP contribution in [0.5, 0.6) is 0 Å². The molecule has 2 heterocycles. The molecule has 0 radical (unpaired) electrons. The first-order chi connectivity index (χ1) is 9.70. The highest BCUT2D eigenvalue weighted by atomic mass is 32.1. The topological polar surface area (TPSA) is 54.0 Å². The summed E-state index contributed by atoms with van der Waals surface area (Å²) in [6.07, 6.45) is 3.76. The minimum Gasteiger partial charge on any atom is -0.333 e. The molecule has 0 aliphatic heterocycles. The van der Waals surface area contributed by atoms with Gasteiger partial charge in [-0.2, -0.15) is 0 Å². The standard InChI is InChI=1S/C14H17N3OS2/c1-9-5-6-11(20-9)7-15-13(18)17-14-16-12(8-19-14)10-3-2-4-10/h5-6,8,10H,2-4,7H2,1H3,(H2,15,16,17,18). The molecule has 2 N–H and O–H groups in total. The summed E-state index contributed by atoms with van der Waals surface area (Å²) in [7, 11) is 0. The molecule has 1 aliphatic rings. The number of rotatable bonds is 4. The van der Waals surface area contributed by atoms with Gasteiger partial charge in [-0.1, -0.05) is 6.42 Å². The highest BCUT2D eigenvalue weighted by molar-refractivity contribution is 7.14. The molecular weight excluding hydrogens is 290 g/mol. The first-order valence-electron chi connectivity index (χ1n) is 6.76. The summed E-state index contributed by atoms with van der Waals surface area (Å²) >= 11 is 3.20. The van der Waals surface area contributed by atoms with Gasteiger partial charge in [0.1, 0.15) is 0 Å². The Bertz CT molecular complexity index is 601. The number of carbonyl (C=O) groups excluding carboxylic acids is 1. The number of aryl methyl sites for hydroxylation is 1. The fraction of sp³-hybridized carbons (Fsp3) is 0.429. The van der Waals surface area contributed by atoms with Crippen molar-refractivity contribution in [2.24, 2.45) is 0 Å². The number of hydrogen-bond donors (Lipinski definition) is 2. The molecule has 2 aromatic heterocycles. The van der Waals surface area contributed by atoms with Crippen molar-refractivity contribution in [2.45, 2.75) is 38.6 Å². The minimum atomic E-state index is -0.189. The van der Waals surface area contributed by atoms with Gasteiger partial charge in [-0.25, -0.2) is 9.78 Å². The molecule has 1 aliphatic carbocycles. The number of anilines is 1. The van der Waals surface area contributed by atoms with Crippen LogP contribution < -0.4 is 10.6 Å². The average Bonchev–Trinajstić information content (AvgIpc) is 2.94. The number of hydrogen-bond acceptors (Lipinski definition) is 4. The molecule has 0 saturated heterocycles. The van der Waals surface area contributed by atoms with Crippen molar-refractivity contribution in [1.82, 2.24) is 10.3 Å². The largest absolute Gasteiger partial charge is 0.333 e. The Labute approximate surface area is 126 Å². The zero-order valence-corrected chi connectivity index (χ0v) is 12.9. The molecule has 3 rings (SSSR count). The van der Waals surface area contributed by atoms with Crippen molar-refractivity contribution < 1.29 is 4.79 Å². The fourth-order valence-corrected chi connectivity index (χ4v) is 3.74. The first kappa shape index (κ1) is 13.6.